The Bertz CT molecular complexity index is 1010. The van der Waals surface area contributed by atoms with E-state index in [1.54, 1.807) is 0 Å². The summed E-state index contributed by atoms with van der Waals surface area (Å²) in [6.07, 6.45) is 2.23. The topological polar surface area (TPSA) is 40.9 Å². The van der Waals surface area contributed by atoms with Crippen molar-refractivity contribution >= 4 is 10.9 Å². The fraction of sp³-hybridized carbons (Fsp3) is 0.417. The number of benzene rings is 2. The van der Waals surface area contributed by atoms with Gasteiger partial charge in [-0.05, 0) is 50.3 Å². The molecule has 1 aliphatic heterocycles. The lowest BCUT2D eigenvalue weighted by Gasteiger charge is -2.28. The minimum Gasteiger partial charge on any atom is -0.492 e. The average molecular weight is 394 g/mol. The number of hydrogen-bond donors (Lipinski definition) is 1. The van der Waals surface area contributed by atoms with Crippen LogP contribution in [0.2, 0.25) is 0 Å². The summed E-state index contributed by atoms with van der Waals surface area (Å²) in [7, 11) is 6.06. The van der Waals surface area contributed by atoms with Crippen molar-refractivity contribution in [3.8, 4) is 5.75 Å². The molecule has 2 heterocycles. The van der Waals surface area contributed by atoms with Gasteiger partial charge in [0.2, 0.25) is 0 Å². The van der Waals surface area contributed by atoms with Gasteiger partial charge in [0.25, 0.3) is 0 Å². The van der Waals surface area contributed by atoms with Crippen molar-refractivity contribution in [1.82, 2.24) is 14.4 Å². The van der Waals surface area contributed by atoms with Crippen LogP contribution in [0.25, 0.3) is 10.9 Å². The van der Waals surface area contributed by atoms with Crippen LogP contribution in [-0.2, 0) is 25.7 Å². The molecule has 1 N–H and O–H groups in total. The van der Waals surface area contributed by atoms with Gasteiger partial charge in [-0.15, -0.1) is 0 Å². The number of aryl methyl sites for hydroxylation is 1. The van der Waals surface area contributed by atoms with Crippen LogP contribution in [0.4, 0.5) is 0 Å². The molecule has 3 aromatic rings. The Balaban J connectivity index is 1.59. The Kier molecular flexibility index (Phi) is 5.38. The number of rotatable bonds is 5. The molecule has 5 nitrogen and oxygen atoms in total. The van der Waals surface area contributed by atoms with Gasteiger partial charge in [-0.2, -0.15) is 0 Å². The fourth-order valence-electron chi connectivity index (χ4n) is 4.42. The standard InChI is InChI=1S/C24H31N3O2/c1-24(28,17-25(2)3)20-9-10-23-18(13-20)15-27(11-12-29-23)16-19-14-26(4)22-8-6-5-7-21(19)22/h5-10,13-14,28H,11-12,15-17H2,1-4H3. The highest BCUT2D eigenvalue weighted by Gasteiger charge is 2.26. The molecule has 0 fully saturated rings. The van der Waals surface area contributed by atoms with Crippen LogP contribution in [0.3, 0.4) is 0 Å². The molecule has 0 saturated heterocycles. The summed E-state index contributed by atoms with van der Waals surface area (Å²) in [4.78, 5) is 4.44. The highest BCUT2D eigenvalue weighted by molar-refractivity contribution is 5.83. The molecule has 0 saturated carbocycles. The van der Waals surface area contributed by atoms with Gasteiger partial charge >= 0.3 is 0 Å². The van der Waals surface area contributed by atoms with Crippen molar-refractivity contribution < 1.29 is 9.84 Å². The summed E-state index contributed by atoms with van der Waals surface area (Å²) in [6.45, 7) is 5.69. The molecular formula is C24H31N3O2. The van der Waals surface area contributed by atoms with Gasteiger partial charge in [-0.25, -0.2) is 0 Å². The molecule has 2 aromatic carbocycles. The quantitative estimate of drug-likeness (QED) is 0.722. The van der Waals surface area contributed by atoms with Gasteiger partial charge in [0.1, 0.15) is 12.4 Å². The Morgan fingerprint density at radius 3 is 2.76 bits per heavy atom. The molecule has 1 atom stereocenters. The van der Waals surface area contributed by atoms with Crippen LogP contribution in [0, 0.1) is 0 Å². The molecule has 29 heavy (non-hydrogen) atoms. The first-order valence-corrected chi connectivity index (χ1v) is 10.2. The van der Waals surface area contributed by atoms with Crippen LogP contribution in [0.1, 0.15) is 23.6 Å². The summed E-state index contributed by atoms with van der Waals surface area (Å²) in [5.74, 6) is 0.926. The smallest absolute Gasteiger partial charge is 0.123 e. The molecule has 0 aliphatic carbocycles. The number of ether oxygens (including phenoxy) is 1. The molecule has 1 aromatic heterocycles. The van der Waals surface area contributed by atoms with Gasteiger partial charge in [0.05, 0.1) is 5.60 Å². The zero-order valence-corrected chi connectivity index (χ0v) is 17.9. The molecule has 154 valence electrons. The first kappa shape index (κ1) is 20.0. The fourth-order valence-corrected chi connectivity index (χ4v) is 4.42. The van der Waals surface area contributed by atoms with Gasteiger partial charge in [-0.1, -0.05) is 24.3 Å². The van der Waals surface area contributed by atoms with Gasteiger partial charge in [0.15, 0.2) is 0 Å². The Morgan fingerprint density at radius 1 is 1.17 bits per heavy atom. The van der Waals surface area contributed by atoms with Crippen LogP contribution in [0.15, 0.2) is 48.7 Å². The Labute approximate surface area is 173 Å². The maximum atomic E-state index is 11.0. The zero-order chi connectivity index (χ0) is 20.6. The van der Waals surface area contributed by atoms with E-state index >= 15 is 0 Å². The number of aromatic nitrogens is 1. The van der Waals surface area contributed by atoms with Crippen molar-refractivity contribution in [3.63, 3.8) is 0 Å². The van der Waals surface area contributed by atoms with Crippen molar-refractivity contribution in [2.75, 3.05) is 33.8 Å². The molecule has 5 heteroatoms. The second kappa shape index (κ2) is 7.82. The third-order valence-electron chi connectivity index (χ3n) is 5.74. The lowest BCUT2D eigenvalue weighted by molar-refractivity contribution is 0.0299. The van der Waals surface area contributed by atoms with Gasteiger partial charge < -0.3 is 19.3 Å². The summed E-state index contributed by atoms with van der Waals surface area (Å²) in [5, 5.41) is 12.3. The molecule has 4 rings (SSSR count). The van der Waals surface area contributed by atoms with E-state index in [4.69, 9.17) is 4.74 Å². The van der Waals surface area contributed by atoms with Crippen LogP contribution in [0.5, 0.6) is 5.75 Å². The van der Waals surface area contributed by atoms with E-state index in [2.05, 4.69) is 53.0 Å². The van der Waals surface area contributed by atoms with E-state index in [0.717, 1.165) is 36.5 Å². The van der Waals surface area contributed by atoms with Crippen molar-refractivity contribution in [3.05, 3.63) is 65.4 Å². The Hall–Kier alpha value is -2.34. The normalized spacial score (nSPS) is 17.0. The van der Waals surface area contributed by atoms with Gasteiger partial charge in [-0.3, -0.25) is 4.90 Å². The minimum absolute atomic E-state index is 0.576. The van der Waals surface area contributed by atoms with Gasteiger partial charge in [0, 0.05) is 55.9 Å². The molecule has 1 unspecified atom stereocenters. The highest BCUT2D eigenvalue weighted by Crippen LogP contribution is 2.31. The van der Waals surface area contributed by atoms with Crippen LogP contribution in [-0.4, -0.2) is 53.3 Å². The maximum absolute atomic E-state index is 11.0. The van der Waals surface area contributed by atoms with E-state index in [0.29, 0.717) is 13.2 Å². The Morgan fingerprint density at radius 2 is 1.97 bits per heavy atom. The number of hydrogen-bond acceptors (Lipinski definition) is 4. The van der Waals surface area contributed by atoms with E-state index in [1.807, 2.05) is 38.1 Å². The van der Waals surface area contributed by atoms with E-state index in [1.165, 1.54) is 16.5 Å². The van der Waals surface area contributed by atoms with Crippen molar-refractivity contribution in [2.24, 2.45) is 7.05 Å². The largest absolute Gasteiger partial charge is 0.492 e. The predicted molar refractivity (Wildman–Crippen MR) is 117 cm³/mol. The first-order valence-electron chi connectivity index (χ1n) is 10.2. The number of likely N-dealkylation sites (N-methyl/N-ethyl adjacent to an activating group) is 1. The molecule has 1 aliphatic rings. The highest BCUT2D eigenvalue weighted by atomic mass is 16.5. The summed E-state index contributed by atoms with van der Waals surface area (Å²) in [6, 6.07) is 14.7. The van der Waals surface area contributed by atoms with E-state index in [-0.39, 0.29) is 0 Å². The van der Waals surface area contributed by atoms with Crippen molar-refractivity contribution in [2.45, 2.75) is 25.6 Å². The number of fused-ring (bicyclic) bond motifs is 2. The molecular weight excluding hydrogens is 362 g/mol. The monoisotopic (exact) mass is 393 g/mol. The molecule has 0 spiro atoms. The predicted octanol–water partition coefficient (Wildman–Crippen LogP) is 3.34. The third-order valence-corrected chi connectivity index (χ3v) is 5.74. The number of para-hydroxylation sites is 1. The zero-order valence-electron chi connectivity index (χ0n) is 17.9. The second-order valence-electron chi connectivity index (χ2n) is 8.68. The third kappa shape index (κ3) is 4.17. The summed E-state index contributed by atoms with van der Waals surface area (Å²) in [5.41, 5.74) is 3.77. The van der Waals surface area contributed by atoms with Crippen molar-refractivity contribution in [1.29, 1.82) is 0 Å². The minimum atomic E-state index is -0.898. The molecule has 0 radical (unpaired) electrons. The lowest BCUT2D eigenvalue weighted by Crippen LogP contribution is -2.34. The lowest BCUT2D eigenvalue weighted by atomic mass is 9.93. The molecule has 0 bridgehead atoms. The van der Waals surface area contributed by atoms with E-state index in [9.17, 15) is 5.11 Å². The number of aliphatic hydroxyl groups is 1. The summed E-state index contributed by atoms with van der Waals surface area (Å²) >= 11 is 0. The second-order valence-corrected chi connectivity index (χ2v) is 8.68. The van der Waals surface area contributed by atoms with Crippen LogP contribution >= 0.6 is 0 Å². The SMILES string of the molecule is CN(C)CC(C)(O)c1ccc2c(c1)CN(Cc1cn(C)c3ccccc13)CCO2. The van der Waals surface area contributed by atoms with E-state index < -0.39 is 5.60 Å². The summed E-state index contributed by atoms with van der Waals surface area (Å²) < 4.78 is 8.22. The molecule has 0 amide bonds. The maximum Gasteiger partial charge on any atom is 0.123 e. The number of nitrogens with zero attached hydrogens (tertiary/aromatic N) is 3. The first-order chi connectivity index (χ1) is 13.8. The average Bonchev–Trinajstić information content (AvgIpc) is 2.84. The van der Waals surface area contributed by atoms with Crippen LogP contribution < -0.4 is 4.74 Å².